The van der Waals surface area contributed by atoms with Gasteiger partial charge in [-0.1, -0.05) is 20.3 Å². The van der Waals surface area contributed by atoms with Crippen molar-refractivity contribution in [2.75, 3.05) is 0 Å². The van der Waals surface area contributed by atoms with Gasteiger partial charge in [0.15, 0.2) is 5.03 Å². The molecule has 1 saturated carbocycles. The number of nitrogens with one attached hydrogen (secondary N) is 3. The van der Waals surface area contributed by atoms with Crippen molar-refractivity contribution < 1.29 is 8.42 Å². The van der Waals surface area contributed by atoms with E-state index < -0.39 is 10.0 Å². The van der Waals surface area contributed by atoms with E-state index >= 15 is 0 Å². The second-order valence-corrected chi connectivity index (χ2v) is 7.33. The lowest BCUT2D eigenvalue weighted by Crippen LogP contribution is -2.37. The minimum Gasteiger partial charge on any atom is -0.310 e. The molecule has 1 heterocycles. The summed E-state index contributed by atoms with van der Waals surface area (Å²) in [6.07, 6.45) is 4.85. The van der Waals surface area contributed by atoms with Crippen molar-refractivity contribution in [3.05, 3.63) is 11.8 Å². The third kappa shape index (κ3) is 3.80. The summed E-state index contributed by atoms with van der Waals surface area (Å²) in [4.78, 5) is 0. The largest absolute Gasteiger partial charge is 0.310 e. The molecular weight excluding hydrogens is 276 g/mol. The SMILES string of the molecule is CCC(C)C(C)NS(=O)(=O)c1[nH]ncc1CNC1CC1. The molecule has 114 valence electrons. The third-order valence-electron chi connectivity index (χ3n) is 3.94. The molecule has 0 radical (unpaired) electrons. The van der Waals surface area contributed by atoms with Crippen LogP contribution in [0.5, 0.6) is 0 Å². The lowest BCUT2D eigenvalue weighted by Gasteiger charge is -2.19. The van der Waals surface area contributed by atoms with Gasteiger partial charge < -0.3 is 5.32 Å². The fourth-order valence-electron chi connectivity index (χ4n) is 1.97. The quantitative estimate of drug-likeness (QED) is 0.677. The molecule has 0 amide bonds. The van der Waals surface area contributed by atoms with Crippen LogP contribution in [0.15, 0.2) is 11.2 Å². The zero-order valence-corrected chi connectivity index (χ0v) is 13.1. The Bertz CT molecular complexity index is 536. The van der Waals surface area contributed by atoms with E-state index in [9.17, 15) is 8.42 Å². The average Bonchev–Trinajstić information content (AvgIpc) is 3.10. The first kappa shape index (κ1) is 15.5. The van der Waals surface area contributed by atoms with Crippen LogP contribution in [0.4, 0.5) is 0 Å². The van der Waals surface area contributed by atoms with Gasteiger partial charge in [-0.3, -0.25) is 5.10 Å². The zero-order valence-electron chi connectivity index (χ0n) is 12.3. The van der Waals surface area contributed by atoms with Crippen molar-refractivity contribution in [2.24, 2.45) is 5.92 Å². The summed E-state index contributed by atoms with van der Waals surface area (Å²) in [5.41, 5.74) is 0.695. The Hall–Kier alpha value is -0.920. The first-order valence-corrected chi connectivity index (χ1v) is 8.70. The molecular formula is C13H24N4O2S. The summed E-state index contributed by atoms with van der Waals surface area (Å²) in [5, 5.41) is 9.97. The summed E-state index contributed by atoms with van der Waals surface area (Å²) in [5.74, 6) is 0.292. The van der Waals surface area contributed by atoms with Gasteiger partial charge in [-0.25, -0.2) is 13.1 Å². The van der Waals surface area contributed by atoms with Gasteiger partial charge >= 0.3 is 0 Å². The zero-order chi connectivity index (χ0) is 14.8. The maximum absolute atomic E-state index is 12.4. The highest BCUT2D eigenvalue weighted by Crippen LogP contribution is 2.21. The number of rotatable bonds is 8. The Labute approximate surface area is 120 Å². The van der Waals surface area contributed by atoms with Crippen LogP contribution in [0.3, 0.4) is 0 Å². The monoisotopic (exact) mass is 300 g/mol. The Morgan fingerprint density at radius 2 is 2.15 bits per heavy atom. The molecule has 1 aliphatic rings. The van der Waals surface area contributed by atoms with Crippen LogP contribution in [0, 0.1) is 5.92 Å². The molecule has 2 unspecified atom stereocenters. The van der Waals surface area contributed by atoms with Gasteiger partial charge in [0.25, 0.3) is 10.0 Å². The molecule has 0 aromatic carbocycles. The van der Waals surface area contributed by atoms with Crippen LogP contribution in [0.25, 0.3) is 0 Å². The summed E-state index contributed by atoms with van der Waals surface area (Å²) < 4.78 is 27.5. The van der Waals surface area contributed by atoms with Crippen molar-refractivity contribution in [2.45, 2.75) is 63.7 Å². The molecule has 6 nitrogen and oxygen atoms in total. The Kier molecular flexibility index (Phi) is 4.82. The van der Waals surface area contributed by atoms with E-state index in [4.69, 9.17) is 0 Å². The van der Waals surface area contributed by atoms with Gasteiger partial charge in [0.1, 0.15) is 0 Å². The fraction of sp³-hybridized carbons (Fsp3) is 0.769. The summed E-state index contributed by atoms with van der Waals surface area (Å²) in [6, 6.07) is 0.435. The lowest BCUT2D eigenvalue weighted by atomic mass is 10.0. The van der Waals surface area contributed by atoms with Gasteiger partial charge in [0.2, 0.25) is 0 Å². The van der Waals surface area contributed by atoms with Gasteiger partial charge in [-0.2, -0.15) is 5.10 Å². The molecule has 0 spiro atoms. The summed E-state index contributed by atoms with van der Waals surface area (Å²) >= 11 is 0. The Balaban J connectivity index is 2.06. The molecule has 2 atom stereocenters. The molecule has 1 fully saturated rings. The molecule has 3 N–H and O–H groups in total. The van der Waals surface area contributed by atoms with Crippen LogP contribution in [0.2, 0.25) is 0 Å². The first-order valence-electron chi connectivity index (χ1n) is 7.22. The standard InChI is InChI=1S/C13H24N4O2S/c1-4-9(2)10(3)17-20(18,19)13-11(8-15-16-13)7-14-12-5-6-12/h8-10,12,14,17H,4-7H2,1-3H3,(H,15,16). The fourth-order valence-corrected chi connectivity index (χ4v) is 3.46. The highest BCUT2D eigenvalue weighted by molar-refractivity contribution is 7.89. The Morgan fingerprint density at radius 3 is 2.75 bits per heavy atom. The number of sulfonamides is 1. The predicted octanol–water partition coefficient (Wildman–Crippen LogP) is 1.37. The Morgan fingerprint density at radius 1 is 1.45 bits per heavy atom. The topological polar surface area (TPSA) is 86.9 Å². The van der Waals surface area contributed by atoms with Crippen LogP contribution < -0.4 is 10.0 Å². The molecule has 2 rings (SSSR count). The first-order chi connectivity index (χ1) is 9.44. The smallest absolute Gasteiger partial charge is 0.258 e. The van der Waals surface area contributed by atoms with Crippen LogP contribution in [-0.2, 0) is 16.6 Å². The van der Waals surface area contributed by atoms with Gasteiger partial charge in [-0.05, 0) is 25.7 Å². The second-order valence-electron chi connectivity index (χ2n) is 5.68. The highest BCUT2D eigenvalue weighted by Gasteiger charge is 2.26. The highest BCUT2D eigenvalue weighted by atomic mass is 32.2. The summed E-state index contributed by atoms with van der Waals surface area (Å²) in [7, 11) is -3.54. The molecule has 0 aliphatic heterocycles. The molecule has 0 saturated heterocycles. The van der Waals surface area contributed by atoms with Gasteiger partial charge in [-0.15, -0.1) is 0 Å². The molecule has 1 aromatic rings. The number of hydrogen-bond acceptors (Lipinski definition) is 4. The van der Waals surface area contributed by atoms with Crippen LogP contribution in [-0.4, -0.2) is 30.7 Å². The second kappa shape index (κ2) is 6.24. The van der Waals surface area contributed by atoms with E-state index in [0.29, 0.717) is 24.1 Å². The normalized spacial score (nSPS) is 18.9. The summed E-state index contributed by atoms with van der Waals surface area (Å²) in [6.45, 7) is 6.52. The van der Waals surface area contributed by atoms with E-state index in [1.165, 1.54) is 12.8 Å². The molecule has 7 heteroatoms. The minimum absolute atomic E-state index is 0.0995. The molecule has 1 aliphatic carbocycles. The number of H-pyrrole nitrogens is 1. The van der Waals surface area contributed by atoms with Gasteiger partial charge in [0, 0.05) is 24.2 Å². The maximum Gasteiger partial charge on any atom is 0.258 e. The number of nitrogens with zero attached hydrogens (tertiary/aromatic N) is 1. The molecule has 1 aromatic heterocycles. The van der Waals surface area contributed by atoms with Crippen LogP contribution in [0.1, 0.15) is 45.6 Å². The van der Waals surface area contributed by atoms with Crippen molar-refractivity contribution in [3.8, 4) is 0 Å². The van der Waals surface area contributed by atoms with E-state index in [0.717, 1.165) is 6.42 Å². The number of aromatic amines is 1. The molecule has 20 heavy (non-hydrogen) atoms. The van der Waals surface area contributed by atoms with Gasteiger partial charge in [0.05, 0.1) is 6.20 Å². The average molecular weight is 300 g/mol. The van der Waals surface area contributed by atoms with E-state index in [-0.39, 0.29) is 11.1 Å². The van der Waals surface area contributed by atoms with Crippen molar-refractivity contribution in [1.82, 2.24) is 20.2 Å². The van der Waals surface area contributed by atoms with Crippen LogP contribution >= 0.6 is 0 Å². The predicted molar refractivity (Wildman–Crippen MR) is 77.7 cm³/mol. The number of aromatic nitrogens is 2. The van der Waals surface area contributed by atoms with Crippen molar-refractivity contribution >= 4 is 10.0 Å². The third-order valence-corrected chi connectivity index (χ3v) is 5.52. The van der Waals surface area contributed by atoms with Crippen molar-refractivity contribution in [1.29, 1.82) is 0 Å². The van der Waals surface area contributed by atoms with E-state index in [1.54, 1.807) is 6.20 Å². The van der Waals surface area contributed by atoms with E-state index in [1.807, 2.05) is 13.8 Å². The molecule has 0 bridgehead atoms. The van der Waals surface area contributed by atoms with E-state index in [2.05, 4.69) is 27.2 Å². The minimum atomic E-state index is -3.54. The maximum atomic E-state index is 12.4. The lowest BCUT2D eigenvalue weighted by molar-refractivity contribution is 0.433. The number of hydrogen-bond donors (Lipinski definition) is 3. The van der Waals surface area contributed by atoms with Crippen molar-refractivity contribution in [3.63, 3.8) is 0 Å².